The SMILES string of the molecule is Cn1c(C(=O)N[C@H]2C[C@H](C(=O)O)C2)cc(CC2CCCCC2)c1-c1cc(C(C)(C)C)cc(C2(C)CC2)c1. The van der Waals surface area contributed by atoms with Crippen LogP contribution in [0.4, 0.5) is 0 Å². The van der Waals surface area contributed by atoms with Gasteiger partial charge < -0.3 is 15.0 Å². The number of carbonyl (C=O) groups excluding carboxylic acids is 1. The summed E-state index contributed by atoms with van der Waals surface area (Å²) in [7, 11) is 2.03. The summed E-state index contributed by atoms with van der Waals surface area (Å²) < 4.78 is 2.10. The molecule has 0 unspecified atom stereocenters. The van der Waals surface area contributed by atoms with Gasteiger partial charge in [0.25, 0.3) is 5.91 Å². The summed E-state index contributed by atoms with van der Waals surface area (Å²) in [4.78, 5) is 24.6. The van der Waals surface area contributed by atoms with Crippen LogP contribution in [0.3, 0.4) is 0 Å². The number of amides is 1. The van der Waals surface area contributed by atoms with Gasteiger partial charge >= 0.3 is 5.97 Å². The zero-order chi connectivity index (χ0) is 26.5. The number of nitrogens with zero attached hydrogens (tertiary/aromatic N) is 1. The third-order valence-electron chi connectivity index (χ3n) is 9.37. The Morgan fingerprint density at radius 1 is 1.05 bits per heavy atom. The first-order chi connectivity index (χ1) is 17.4. The van der Waals surface area contributed by atoms with Gasteiger partial charge in [-0.1, -0.05) is 65.9 Å². The molecule has 3 fully saturated rings. The van der Waals surface area contributed by atoms with Gasteiger partial charge in [-0.05, 0) is 89.3 Å². The van der Waals surface area contributed by atoms with Crippen molar-refractivity contribution in [3.8, 4) is 11.3 Å². The standard InChI is InChI=1S/C32H44N2O3/c1-31(2,3)24-14-22(15-25(19-24)32(4)11-12-32)28-21(13-20-9-7-6-8-10-20)18-27(34(28)5)29(35)33-26-16-23(17-26)30(36)37/h14-15,18-20,23,26H,6-13,16-17H2,1-5H3,(H,33,35)(H,36,37)/t23-,26-. The predicted octanol–water partition coefficient (Wildman–Crippen LogP) is 6.76. The highest BCUT2D eigenvalue weighted by atomic mass is 16.4. The van der Waals surface area contributed by atoms with Crippen LogP contribution in [0.2, 0.25) is 0 Å². The van der Waals surface area contributed by atoms with E-state index in [-0.39, 0.29) is 28.7 Å². The highest BCUT2D eigenvalue weighted by Gasteiger charge is 2.40. The van der Waals surface area contributed by atoms with E-state index >= 15 is 0 Å². The Labute approximate surface area is 222 Å². The van der Waals surface area contributed by atoms with Gasteiger partial charge in [0.1, 0.15) is 5.69 Å². The van der Waals surface area contributed by atoms with Crippen LogP contribution in [0.15, 0.2) is 24.3 Å². The highest BCUT2D eigenvalue weighted by Crippen LogP contribution is 2.49. The van der Waals surface area contributed by atoms with Gasteiger partial charge in [0.05, 0.1) is 11.6 Å². The summed E-state index contributed by atoms with van der Waals surface area (Å²) in [6, 6.07) is 9.20. The predicted molar refractivity (Wildman–Crippen MR) is 148 cm³/mol. The van der Waals surface area contributed by atoms with Crippen LogP contribution in [0, 0.1) is 11.8 Å². The van der Waals surface area contributed by atoms with Gasteiger partial charge in [-0.25, -0.2) is 0 Å². The molecule has 0 aliphatic heterocycles. The highest BCUT2D eigenvalue weighted by molar-refractivity contribution is 5.95. The maximum atomic E-state index is 13.4. The zero-order valence-electron chi connectivity index (χ0n) is 23.3. The molecular weight excluding hydrogens is 460 g/mol. The van der Waals surface area contributed by atoms with Crippen molar-refractivity contribution in [1.82, 2.24) is 9.88 Å². The van der Waals surface area contributed by atoms with E-state index in [1.54, 1.807) is 0 Å². The molecular formula is C32H44N2O3. The molecule has 1 amide bonds. The first-order valence-corrected chi connectivity index (χ1v) is 14.3. The number of hydrogen-bond donors (Lipinski definition) is 2. The molecule has 5 rings (SSSR count). The van der Waals surface area contributed by atoms with Gasteiger partial charge in [0, 0.05) is 13.1 Å². The molecule has 3 aliphatic carbocycles. The fourth-order valence-electron chi connectivity index (χ4n) is 6.34. The molecule has 1 aromatic carbocycles. The van der Waals surface area contributed by atoms with Gasteiger partial charge in [-0.15, -0.1) is 0 Å². The topological polar surface area (TPSA) is 71.3 Å². The molecule has 0 bridgehead atoms. The maximum Gasteiger partial charge on any atom is 0.306 e. The fraction of sp³-hybridized carbons (Fsp3) is 0.625. The minimum absolute atomic E-state index is 0.0375. The maximum absolute atomic E-state index is 13.4. The number of aliphatic carboxylic acids is 1. The lowest BCUT2D eigenvalue weighted by molar-refractivity contribution is -0.145. The summed E-state index contributed by atoms with van der Waals surface area (Å²) in [6.07, 6.45) is 11.0. The molecule has 5 heteroatoms. The Kier molecular flexibility index (Phi) is 6.79. The summed E-state index contributed by atoms with van der Waals surface area (Å²) in [5.41, 5.74) is 7.40. The third kappa shape index (κ3) is 5.37. The largest absolute Gasteiger partial charge is 0.481 e. The molecule has 1 heterocycles. The van der Waals surface area contributed by atoms with E-state index in [2.05, 4.69) is 61.8 Å². The summed E-state index contributed by atoms with van der Waals surface area (Å²) in [5, 5.41) is 12.3. The van der Waals surface area contributed by atoms with Crippen LogP contribution in [0.5, 0.6) is 0 Å². The van der Waals surface area contributed by atoms with Gasteiger partial charge in [0.15, 0.2) is 0 Å². The third-order valence-corrected chi connectivity index (χ3v) is 9.37. The van der Waals surface area contributed by atoms with Gasteiger partial charge in [-0.3, -0.25) is 9.59 Å². The number of aromatic nitrogens is 1. The van der Waals surface area contributed by atoms with E-state index in [1.165, 1.54) is 72.9 Å². The second-order valence-electron chi connectivity index (χ2n) is 13.5. The van der Waals surface area contributed by atoms with Gasteiger partial charge in [-0.2, -0.15) is 0 Å². The van der Waals surface area contributed by atoms with Crippen LogP contribution < -0.4 is 5.32 Å². The minimum Gasteiger partial charge on any atom is -0.481 e. The lowest BCUT2D eigenvalue weighted by Crippen LogP contribution is -2.47. The molecule has 0 saturated heterocycles. The first-order valence-electron chi connectivity index (χ1n) is 14.3. The van der Waals surface area contributed by atoms with Crippen LogP contribution in [-0.2, 0) is 29.1 Å². The Morgan fingerprint density at radius 2 is 1.73 bits per heavy atom. The number of carbonyl (C=O) groups is 2. The fourth-order valence-corrected chi connectivity index (χ4v) is 6.34. The Balaban J connectivity index is 1.53. The lowest BCUT2D eigenvalue weighted by Gasteiger charge is -2.32. The number of nitrogens with one attached hydrogen (secondary N) is 1. The molecule has 200 valence electrons. The second-order valence-corrected chi connectivity index (χ2v) is 13.5. The number of rotatable bonds is 7. The first kappa shape index (κ1) is 26.1. The Hall–Kier alpha value is -2.56. The van der Waals surface area contributed by atoms with E-state index in [1.807, 2.05) is 7.05 Å². The molecule has 0 spiro atoms. The minimum atomic E-state index is -0.764. The van der Waals surface area contributed by atoms with E-state index in [0.29, 0.717) is 24.5 Å². The molecule has 3 aliphatic rings. The summed E-state index contributed by atoms with van der Waals surface area (Å²) in [5.74, 6) is -0.521. The molecule has 0 radical (unpaired) electrons. The molecule has 3 saturated carbocycles. The molecule has 37 heavy (non-hydrogen) atoms. The van der Waals surface area contributed by atoms with E-state index in [4.69, 9.17) is 0 Å². The Morgan fingerprint density at radius 3 is 2.32 bits per heavy atom. The number of carboxylic acid groups (broad SMARTS) is 1. The van der Waals surface area contributed by atoms with Crippen LogP contribution >= 0.6 is 0 Å². The summed E-state index contributed by atoms with van der Waals surface area (Å²) >= 11 is 0. The average Bonchev–Trinajstić information content (AvgIpc) is 3.49. The van der Waals surface area contributed by atoms with E-state index < -0.39 is 5.97 Å². The van der Waals surface area contributed by atoms with Crippen molar-refractivity contribution in [2.24, 2.45) is 18.9 Å². The van der Waals surface area contributed by atoms with Crippen molar-refractivity contribution < 1.29 is 14.7 Å². The number of benzene rings is 1. The number of hydrogen-bond acceptors (Lipinski definition) is 2. The van der Waals surface area contributed by atoms with Crippen molar-refractivity contribution in [2.75, 3.05) is 0 Å². The van der Waals surface area contributed by atoms with Crippen LogP contribution in [0.25, 0.3) is 11.3 Å². The Bertz CT molecular complexity index is 1160. The molecule has 2 aromatic rings. The second kappa shape index (κ2) is 9.63. The van der Waals surface area contributed by atoms with Crippen molar-refractivity contribution in [3.63, 3.8) is 0 Å². The van der Waals surface area contributed by atoms with Crippen molar-refractivity contribution in [1.29, 1.82) is 0 Å². The molecule has 2 N–H and O–H groups in total. The van der Waals surface area contributed by atoms with Crippen molar-refractivity contribution in [2.45, 2.75) is 109 Å². The normalized spacial score (nSPS) is 23.4. The average molecular weight is 505 g/mol. The quantitative estimate of drug-likeness (QED) is 0.438. The monoisotopic (exact) mass is 504 g/mol. The van der Waals surface area contributed by atoms with E-state index in [0.717, 1.165) is 6.42 Å². The summed E-state index contributed by atoms with van der Waals surface area (Å²) in [6.45, 7) is 9.21. The molecule has 1 aromatic heterocycles. The van der Waals surface area contributed by atoms with Crippen LogP contribution in [-0.4, -0.2) is 27.6 Å². The van der Waals surface area contributed by atoms with Crippen LogP contribution in [0.1, 0.15) is 113 Å². The lowest BCUT2D eigenvalue weighted by atomic mass is 9.80. The molecule has 5 nitrogen and oxygen atoms in total. The van der Waals surface area contributed by atoms with Crippen molar-refractivity contribution >= 4 is 11.9 Å². The van der Waals surface area contributed by atoms with Crippen molar-refractivity contribution in [3.05, 3.63) is 46.6 Å². The zero-order valence-corrected chi connectivity index (χ0v) is 23.3. The number of carboxylic acids is 1. The van der Waals surface area contributed by atoms with Gasteiger partial charge in [0.2, 0.25) is 0 Å². The van der Waals surface area contributed by atoms with E-state index in [9.17, 15) is 14.7 Å². The smallest absolute Gasteiger partial charge is 0.306 e. The molecule has 0 atom stereocenters.